The quantitative estimate of drug-likeness (QED) is 0.810. The van der Waals surface area contributed by atoms with Crippen molar-refractivity contribution in [1.29, 1.82) is 0 Å². The van der Waals surface area contributed by atoms with E-state index in [1.54, 1.807) is 6.07 Å². The van der Waals surface area contributed by atoms with Gasteiger partial charge in [-0.3, -0.25) is 9.69 Å². The van der Waals surface area contributed by atoms with E-state index in [4.69, 9.17) is 21.4 Å². The molecule has 0 radical (unpaired) electrons. The zero-order valence-corrected chi connectivity index (χ0v) is 12.6. The molecular formula is C14H20ClNO4. The second-order valence-electron chi connectivity index (χ2n) is 4.82. The predicted octanol–water partition coefficient (Wildman–Crippen LogP) is 2.74. The summed E-state index contributed by atoms with van der Waals surface area (Å²) >= 11 is 5.99. The number of aliphatic carboxylic acids is 1. The molecule has 0 aliphatic rings. The molecule has 0 aliphatic carbocycles. The number of nitrogens with zero attached hydrogens (tertiary/aromatic N) is 1. The average Bonchev–Trinajstić information content (AvgIpc) is 2.37. The molecule has 6 heteroatoms. The van der Waals surface area contributed by atoms with Gasteiger partial charge in [0, 0.05) is 35.8 Å². The third kappa shape index (κ3) is 4.58. The molecule has 20 heavy (non-hydrogen) atoms. The molecule has 0 heterocycles. The van der Waals surface area contributed by atoms with Crippen LogP contribution in [0.1, 0.15) is 25.8 Å². The van der Waals surface area contributed by atoms with E-state index in [-0.39, 0.29) is 18.2 Å². The van der Waals surface area contributed by atoms with E-state index < -0.39 is 5.97 Å². The van der Waals surface area contributed by atoms with Gasteiger partial charge in [-0.05, 0) is 19.9 Å². The van der Waals surface area contributed by atoms with E-state index in [0.717, 1.165) is 0 Å². The number of methoxy groups -OCH3 is 1. The summed E-state index contributed by atoms with van der Waals surface area (Å²) in [5, 5.41) is 19.3. The predicted molar refractivity (Wildman–Crippen MR) is 77.5 cm³/mol. The van der Waals surface area contributed by atoms with Gasteiger partial charge in [0.1, 0.15) is 0 Å². The molecule has 0 aliphatic heterocycles. The lowest BCUT2D eigenvalue weighted by Gasteiger charge is -2.26. The van der Waals surface area contributed by atoms with E-state index in [2.05, 4.69) is 0 Å². The summed E-state index contributed by atoms with van der Waals surface area (Å²) in [6.45, 7) is 4.76. The summed E-state index contributed by atoms with van der Waals surface area (Å²) in [6, 6.07) is 3.35. The molecule has 1 rings (SSSR count). The Kier molecular flexibility index (Phi) is 6.10. The molecular weight excluding hydrogens is 282 g/mol. The van der Waals surface area contributed by atoms with Crippen molar-refractivity contribution in [3.05, 3.63) is 22.7 Å². The van der Waals surface area contributed by atoms with Crippen molar-refractivity contribution in [2.45, 2.75) is 32.9 Å². The van der Waals surface area contributed by atoms with Gasteiger partial charge in [-0.1, -0.05) is 11.6 Å². The highest BCUT2D eigenvalue weighted by Crippen LogP contribution is 2.34. The number of phenols is 1. The Morgan fingerprint density at radius 1 is 1.45 bits per heavy atom. The normalized spacial score (nSPS) is 11.1. The molecule has 5 nitrogen and oxygen atoms in total. The number of phenolic OH excluding ortho intramolecular Hbond substituents is 1. The zero-order chi connectivity index (χ0) is 15.3. The second-order valence-corrected chi connectivity index (χ2v) is 5.26. The van der Waals surface area contributed by atoms with Gasteiger partial charge in [-0.25, -0.2) is 0 Å². The molecule has 0 amide bonds. The van der Waals surface area contributed by atoms with E-state index in [1.165, 1.54) is 13.2 Å². The maximum atomic E-state index is 10.7. The SMILES string of the molecule is COc1cc(Cl)cc(CN(CCC(=O)O)C(C)C)c1O. The molecule has 0 saturated heterocycles. The van der Waals surface area contributed by atoms with Crippen LogP contribution in [0.25, 0.3) is 0 Å². The first kappa shape index (κ1) is 16.6. The molecule has 0 saturated carbocycles. The van der Waals surface area contributed by atoms with Gasteiger partial charge in [0.15, 0.2) is 11.5 Å². The molecule has 0 spiro atoms. The molecule has 0 atom stereocenters. The van der Waals surface area contributed by atoms with Gasteiger partial charge in [-0.15, -0.1) is 0 Å². The van der Waals surface area contributed by atoms with Gasteiger partial charge in [0.25, 0.3) is 0 Å². The smallest absolute Gasteiger partial charge is 0.304 e. The largest absolute Gasteiger partial charge is 0.504 e. The monoisotopic (exact) mass is 301 g/mol. The van der Waals surface area contributed by atoms with E-state index >= 15 is 0 Å². The summed E-state index contributed by atoms with van der Waals surface area (Å²) in [5.74, 6) is -0.490. The minimum absolute atomic E-state index is 0.0397. The summed E-state index contributed by atoms with van der Waals surface area (Å²) in [6.07, 6.45) is 0.0522. The summed E-state index contributed by atoms with van der Waals surface area (Å²) < 4.78 is 5.06. The lowest BCUT2D eigenvalue weighted by atomic mass is 10.1. The number of carbonyl (C=O) groups is 1. The highest BCUT2D eigenvalue weighted by Gasteiger charge is 2.16. The van der Waals surface area contributed by atoms with Crippen molar-refractivity contribution in [2.75, 3.05) is 13.7 Å². The molecule has 0 unspecified atom stereocenters. The van der Waals surface area contributed by atoms with Crippen molar-refractivity contribution in [2.24, 2.45) is 0 Å². The van der Waals surface area contributed by atoms with Gasteiger partial charge in [0.2, 0.25) is 0 Å². The average molecular weight is 302 g/mol. The maximum absolute atomic E-state index is 10.7. The van der Waals surface area contributed by atoms with Gasteiger partial charge in [0.05, 0.1) is 13.5 Å². The molecule has 0 fully saturated rings. The standard InChI is InChI=1S/C14H20ClNO4/c1-9(2)16(5-4-13(17)18)8-10-6-11(15)7-12(20-3)14(10)19/h6-7,9,19H,4-5,8H2,1-3H3,(H,17,18). The Balaban J connectivity index is 2.93. The fourth-order valence-electron chi connectivity index (χ4n) is 1.88. The van der Waals surface area contributed by atoms with Crippen molar-refractivity contribution >= 4 is 17.6 Å². The summed E-state index contributed by atoms with van der Waals surface area (Å²) in [7, 11) is 1.46. The molecule has 0 bridgehead atoms. The van der Waals surface area contributed by atoms with Crippen LogP contribution in [0.5, 0.6) is 11.5 Å². The minimum Gasteiger partial charge on any atom is -0.504 e. The first-order valence-corrected chi connectivity index (χ1v) is 6.74. The fourth-order valence-corrected chi connectivity index (χ4v) is 2.11. The second kappa shape index (κ2) is 7.36. The van der Waals surface area contributed by atoms with Crippen molar-refractivity contribution in [3.8, 4) is 11.5 Å². The highest BCUT2D eigenvalue weighted by molar-refractivity contribution is 6.30. The highest BCUT2D eigenvalue weighted by atomic mass is 35.5. The Morgan fingerprint density at radius 2 is 2.10 bits per heavy atom. The minimum atomic E-state index is -0.844. The number of halogens is 1. The number of benzene rings is 1. The third-order valence-electron chi connectivity index (χ3n) is 3.06. The molecule has 0 aromatic heterocycles. The molecule has 2 N–H and O–H groups in total. The number of carboxylic acids is 1. The van der Waals surface area contributed by atoms with Crippen molar-refractivity contribution in [1.82, 2.24) is 4.90 Å². The van der Waals surface area contributed by atoms with Crippen LogP contribution in [-0.4, -0.2) is 40.8 Å². The topological polar surface area (TPSA) is 70.0 Å². The number of carboxylic acid groups (broad SMARTS) is 1. The summed E-state index contributed by atoms with van der Waals surface area (Å²) in [5.41, 5.74) is 0.619. The first-order chi connectivity index (χ1) is 9.35. The molecule has 1 aromatic carbocycles. The Hall–Kier alpha value is -1.46. The fraction of sp³-hybridized carbons (Fsp3) is 0.500. The Bertz CT molecular complexity index is 476. The van der Waals surface area contributed by atoms with Gasteiger partial charge < -0.3 is 14.9 Å². The van der Waals surface area contributed by atoms with Crippen molar-refractivity contribution < 1.29 is 19.7 Å². The van der Waals surface area contributed by atoms with Crippen LogP contribution in [0, 0.1) is 0 Å². The number of aromatic hydroxyl groups is 1. The number of rotatable bonds is 7. The van der Waals surface area contributed by atoms with Crippen LogP contribution < -0.4 is 4.74 Å². The number of ether oxygens (including phenoxy) is 1. The van der Waals surface area contributed by atoms with Gasteiger partial charge in [-0.2, -0.15) is 0 Å². The molecule has 1 aromatic rings. The van der Waals surface area contributed by atoms with Gasteiger partial charge >= 0.3 is 5.97 Å². The number of hydrogen-bond donors (Lipinski definition) is 2. The van der Waals surface area contributed by atoms with E-state index in [9.17, 15) is 9.90 Å². The zero-order valence-electron chi connectivity index (χ0n) is 11.9. The Morgan fingerprint density at radius 3 is 2.60 bits per heavy atom. The van der Waals surface area contributed by atoms with Crippen LogP contribution in [0.15, 0.2) is 12.1 Å². The van der Waals surface area contributed by atoms with Crippen LogP contribution in [0.3, 0.4) is 0 Å². The summed E-state index contributed by atoms with van der Waals surface area (Å²) in [4.78, 5) is 12.6. The first-order valence-electron chi connectivity index (χ1n) is 6.36. The lowest BCUT2D eigenvalue weighted by molar-refractivity contribution is -0.137. The number of hydrogen-bond acceptors (Lipinski definition) is 4. The lowest BCUT2D eigenvalue weighted by Crippen LogP contribution is -2.32. The van der Waals surface area contributed by atoms with Crippen molar-refractivity contribution in [3.63, 3.8) is 0 Å². The van der Waals surface area contributed by atoms with E-state index in [0.29, 0.717) is 29.4 Å². The third-order valence-corrected chi connectivity index (χ3v) is 3.27. The Labute approximate surface area is 123 Å². The molecule has 112 valence electrons. The maximum Gasteiger partial charge on any atom is 0.304 e. The van der Waals surface area contributed by atoms with Crippen LogP contribution in [0.4, 0.5) is 0 Å². The van der Waals surface area contributed by atoms with Crippen LogP contribution in [0.2, 0.25) is 5.02 Å². The van der Waals surface area contributed by atoms with Crippen LogP contribution in [-0.2, 0) is 11.3 Å². The van der Waals surface area contributed by atoms with E-state index in [1.807, 2.05) is 18.7 Å². The van der Waals surface area contributed by atoms with Crippen LogP contribution >= 0.6 is 11.6 Å².